The minimum atomic E-state index is -4.02. The lowest BCUT2D eigenvalue weighted by Crippen LogP contribution is -2.56. The largest absolute Gasteiger partial charge is 0.391 e. The third-order valence-electron chi connectivity index (χ3n) is 4.88. The molecule has 0 aromatic carbocycles. The van der Waals surface area contributed by atoms with Crippen molar-refractivity contribution in [2.45, 2.75) is 57.3 Å². The molecule has 0 amide bonds. The van der Waals surface area contributed by atoms with Gasteiger partial charge in [0.15, 0.2) is 0 Å². The summed E-state index contributed by atoms with van der Waals surface area (Å²) in [5, 5.41) is 3.48. The molecule has 0 aromatic heterocycles. The van der Waals surface area contributed by atoms with Crippen LogP contribution in [0.15, 0.2) is 0 Å². The fourth-order valence-electron chi connectivity index (χ4n) is 3.30. The van der Waals surface area contributed by atoms with Gasteiger partial charge in [-0.3, -0.25) is 4.90 Å². The zero-order valence-corrected chi connectivity index (χ0v) is 13.0. The first-order valence-corrected chi connectivity index (χ1v) is 7.92. The van der Waals surface area contributed by atoms with Gasteiger partial charge in [0.2, 0.25) is 0 Å². The first kappa shape index (κ1) is 17.0. The third kappa shape index (κ3) is 4.83. The number of alkyl halides is 3. The molecule has 1 heterocycles. The van der Waals surface area contributed by atoms with E-state index in [-0.39, 0.29) is 24.4 Å². The minimum absolute atomic E-state index is 0.0185. The topological polar surface area (TPSA) is 24.5 Å². The predicted molar refractivity (Wildman–Crippen MR) is 76.3 cm³/mol. The van der Waals surface area contributed by atoms with Crippen LogP contribution in [0.4, 0.5) is 13.2 Å². The molecule has 0 aromatic rings. The van der Waals surface area contributed by atoms with Gasteiger partial charge in [0.25, 0.3) is 0 Å². The van der Waals surface area contributed by atoms with Crippen LogP contribution in [0.3, 0.4) is 0 Å². The van der Waals surface area contributed by atoms with Crippen LogP contribution in [0.25, 0.3) is 0 Å². The Morgan fingerprint density at radius 3 is 2.14 bits per heavy atom. The molecule has 1 saturated carbocycles. The summed E-state index contributed by atoms with van der Waals surface area (Å²) in [6.07, 6.45) is -2.23. The second kappa shape index (κ2) is 6.84. The maximum atomic E-state index is 12.6. The Morgan fingerprint density at radius 2 is 1.62 bits per heavy atom. The monoisotopic (exact) mass is 308 g/mol. The van der Waals surface area contributed by atoms with E-state index in [9.17, 15) is 13.2 Å². The van der Waals surface area contributed by atoms with E-state index < -0.39 is 12.1 Å². The number of hydrogen-bond acceptors (Lipinski definition) is 3. The highest BCUT2D eigenvalue weighted by molar-refractivity contribution is 4.88. The fourth-order valence-corrected chi connectivity index (χ4v) is 3.30. The van der Waals surface area contributed by atoms with E-state index in [1.54, 1.807) is 0 Å². The van der Waals surface area contributed by atoms with Crippen LogP contribution in [0, 0.1) is 5.92 Å². The molecule has 1 N–H and O–H groups in total. The number of halogens is 3. The average Bonchev–Trinajstić information content (AvgIpc) is 2.46. The van der Waals surface area contributed by atoms with Crippen LogP contribution in [-0.4, -0.2) is 55.5 Å². The van der Waals surface area contributed by atoms with Gasteiger partial charge in [-0.05, 0) is 39.5 Å². The third-order valence-corrected chi connectivity index (χ3v) is 4.88. The van der Waals surface area contributed by atoms with Gasteiger partial charge in [0.05, 0.1) is 19.1 Å². The second-order valence-electron chi connectivity index (χ2n) is 6.88. The van der Waals surface area contributed by atoms with Crippen LogP contribution in [0.2, 0.25) is 0 Å². The standard InChI is InChI=1S/C15H27F3N2O/c1-14(2,20-7-9-21-10-8-20)11-19-13-5-3-12(4-6-13)15(16,17)18/h12-13,19H,3-11H2,1-2H3. The molecule has 124 valence electrons. The molecule has 1 aliphatic carbocycles. The number of rotatable bonds is 4. The zero-order chi connectivity index (χ0) is 15.5. The lowest BCUT2D eigenvalue weighted by Gasteiger charge is -2.42. The van der Waals surface area contributed by atoms with Crippen molar-refractivity contribution in [3.05, 3.63) is 0 Å². The molecule has 1 aliphatic heterocycles. The van der Waals surface area contributed by atoms with E-state index in [1.165, 1.54) is 0 Å². The van der Waals surface area contributed by atoms with Crippen molar-refractivity contribution in [2.75, 3.05) is 32.8 Å². The van der Waals surface area contributed by atoms with Gasteiger partial charge >= 0.3 is 6.18 Å². The number of morpholine rings is 1. The van der Waals surface area contributed by atoms with E-state index in [4.69, 9.17) is 4.74 Å². The van der Waals surface area contributed by atoms with E-state index in [2.05, 4.69) is 24.1 Å². The molecule has 21 heavy (non-hydrogen) atoms. The molecule has 0 spiro atoms. The lowest BCUT2D eigenvalue weighted by atomic mass is 9.85. The number of nitrogens with zero attached hydrogens (tertiary/aromatic N) is 1. The van der Waals surface area contributed by atoms with E-state index in [0.717, 1.165) is 32.8 Å². The van der Waals surface area contributed by atoms with E-state index >= 15 is 0 Å². The lowest BCUT2D eigenvalue weighted by molar-refractivity contribution is -0.182. The summed E-state index contributed by atoms with van der Waals surface area (Å²) < 4.78 is 43.3. The molecule has 3 nitrogen and oxygen atoms in total. The van der Waals surface area contributed by atoms with Crippen molar-refractivity contribution >= 4 is 0 Å². The Balaban J connectivity index is 1.73. The first-order chi connectivity index (χ1) is 9.79. The average molecular weight is 308 g/mol. The van der Waals surface area contributed by atoms with Gasteiger partial charge in [0, 0.05) is 31.2 Å². The normalized spacial score (nSPS) is 29.6. The minimum Gasteiger partial charge on any atom is -0.379 e. The Kier molecular flexibility index (Phi) is 5.54. The Hall–Kier alpha value is -0.330. The summed E-state index contributed by atoms with van der Waals surface area (Å²) in [7, 11) is 0. The Morgan fingerprint density at radius 1 is 1.05 bits per heavy atom. The Bertz CT molecular complexity index is 319. The van der Waals surface area contributed by atoms with Crippen molar-refractivity contribution < 1.29 is 17.9 Å². The Labute approximate surface area is 125 Å². The molecule has 0 bridgehead atoms. The SMILES string of the molecule is CC(C)(CNC1CCC(C(F)(F)F)CC1)N1CCOCC1. The van der Waals surface area contributed by atoms with Crippen molar-refractivity contribution in [1.82, 2.24) is 10.2 Å². The number of nitrogens with one attached hydrogen (secondary N) is 1. The van der Waals surface area contributed by atoms with E-state index in [1.807, 2.05) is 0 Å². The summed E-state index contributed by atoms with van der Waals surface area (Å²) in [5.41, 5.74) is 0.0185. The van der Waals surface area contributed by atoms with Gasteiger partial charge in [-0.2, -0.15) is 13.2 Å². The molecular formula is C15H27F3N2O. The van der Waals surface area contributed by atoms with Crippen molar-refractivity contribution in [2.24, 2.45) is 5.92 Å². The van der Waals surface area contributed by atoms with Gasteiger partial charge in [0.1, 0.15) is 0 Å². The van der Waals surface area contributed by atoms with Crippen molar-refractivity contribution in [3.8, 4) is 0 Å². The summed E-state index contributed by atoms with van der Waals surface area (Å²) in [5.74, 6) is -1.09. The molecule has 2 rings (SSSR count). The van der Waals surface area contributed by atoms with Crippen LogP contribution in [-0.2, 0) is 4.74 Å². The van der Waals surface area contributed by atoms with Gasteiger partial charge in [-0.25, -0.2) is 0 Å². The predicted octanol–water partition coefficient (Wildman–Crippen LogP) is 2.81. The molecular weight excluding hydrogens is 281 g/mol. The van der Waals surface area contributed by atoms with Crippen LogP contribution in [0.1, 0.15) is 39.5 Å². The summed E-state index contributed by atoms with van der Waals surface area (Å²) in [6, 6.07) is 0.226. The first-order valence-electron chi connectivity index (χ1n) is 7.92. The number of hydrogen-bond donors (Lipinski definition) is 1. The molecule has 6 heteroatoms. The summed E-state index contributed by atoms with van der Waals surface area (Å²) in [4.78, 5) is 2.39. The maximum absolute atomic E-state index is 12.6. The highest BCUT2D eigenvalue weighted by Gasteiger charge is 2.41. The molecule has 2 fully saturated rings. The molecule has 0 radical (unpaired) electrons. The fraction of sp³-hybridized carbons (Fsp3) is 1.00. The van der Waals surface area contributed by atoms with Gasteiger partial charge in [-0.15, -0.1) is 0 Å². The van der Waals surface area contributed by atoms with Crippen molar-refractivity contribution in [1.29, 1.82) is 0 Å². The molecule has 2 aliphatic rings. The van der Waals surface area contributed by atoms with E-state index in [0.29, 0.717) is 12.8 Å². The molecule has 0 unspecified atom stereocenters. The van der Waals surface area contributed by atoms with Gasteiger partial charge in [-0.1, -0.05) is 0 Å². The summed E-state index contributed by atoms with van der Waals surface area (Å²) in [6.45, 7) is 8.57. The van der Waals surface area contributed by atoms with Crippen LogP contribution in [0.5, 0.6) is 0 Å². The zero-order valence-electron chi connectivity index (χ0n) is 13.0. The van der Waals surface area contributed by atoms with Crippen LogP contribution >= 0.6 is 0 Å². The second-order valence-corrected chi connectivity index (χ2v) is 6.88. The highest BCUT2D eigenvalue weighted by Crippen LogP contribution is 2.37. The molecule has 0 atom stereocenters. The van der Waals surface area contributed by atoms with Crippen LogP contribution < -0.4 is 5.32 Å². The molecule has 1 saturated heterocycles. The summed E-state index contributed by atoms with van der Waals surface area (Å²) >= 11 is 0. The van der Waals surface area contributed by atoms with Crippen molar-refractivity contribution in [3.63, 3.8) is 0 Å². The van der Waals surface area contributed by atoms with Gasteiger partial charge < -0.3 is 10.1 Å². The number of ether oxygens (including phenoxy) is 1. The highest BCUT2D eigenvalue weighted by atomic mass is 19.4. The maximum Gasteiger partial charge on any atom is 0.391 e. The quantitative estimate of drug-likeness (QED) is 0.864. The smallest absolute Gasteiger partial charge is 0.379 e.